The molecule has 1 saturated heterocycles. The zero-order valence-electron chi connectivity index (χ0n) is 19.0. The second kappa shape index (κ2) is 9.68. The van der Waals surface area contributed by atoms with E-state index in [2.05, 4.69) is 15.6 Å². The normalized spacial score (nSPS) is 17.1. The van der Waals surface area contributed by atoms with Crippen LogP contribution in [0.25, 0.3) is 10.4 Å². The highest BCUT2D eigenvalue weighted by molar-refractivity contribution is 7.13. The van der Waals surface area contributed by atoms with Gasteiger partial charge in [-0.25, -0.2) is 9.78 Å². The highest BCUT2D eigenvalue weighted by Crippen LogP contribution is 2.28. The lowest BCUT2D eigenvalue weighted by atomic mass is 9.85. The van der Waals surface area contributed by atoms with Gasteiger partial charge < -0.3 is 21.3 Å². The van der Waals surface area contributed by atoms with E-state index in [1.165, 1.54) is 0 Å². The van der Waals surface area contributed by atoms with Crippen molar-refractivity contribution in [1.82, 2.24) is 20.5 Å². The molecule has 0 aliphatic carbocycles. The Hall–Kier alpha value is -2.94. The first kappa shape index (κ1) is 23.7. The lowest BCUT2D eigenvalue weighted by Gasteiger charge is -2.35. The zero-order valence-corrected chi connectivity index (χ0v) is 19.8. The molecule has 3 rings (SSSR count). The number of rotatable bonds is 6. The van der Waals surface area contributed by atoms with Crippen LogP contribution in [0.3, 0.4) is 0 Å². The van der Waals surface area contributed by atoms with Gasteiger partial charge in [0.1, 0.15) is 12.1 Å². The molecule has 2 atom stereocenters. The van der Waals surface area contributed by atoms with Crippen LogP contribution < -0.4 is 16.4 Å². The van der Waals surface area contributed by atoms with E-state index in [1.807, 2.05) is 57.5 Å². The van der Waals surface area contributed by atoms with Crippen LogP contribution in [-0.4, -0.2) is 46.4 Å². The van der Waals surface area contributed by atoms with Gasteiger partial charge in [-0.15, -0.1) is 11.3 Å². The van der Waals surface area contributed by atoms with Crippen molar-refractivity contribution in [2.24, 2.45) is 11.1 Å². The van der Waals surface area contributed by atoms with Gasteiger partial charge in [0, 0.05) is 13.1 Å². The monoisotopic (exact) mass is 457 g/mol. The van der Waals surface area contributed by atoms with Gasteiger partial charge in [0.05, 0.1) is 16.1 Å². The van der Waals surface area contributed by atoms with E-state index in [4.69, 9.17) is 5.73 Å². The summed E-state index contributed by atoms with van der Waals surface area (Å²) in [6.45, 7) is 8.41. The number of nitrogens with two attached hydrogens (primary N) is 1. The zero-order chi connectivity index (χ0) is 23.5. The van der Waals surface area contributed by atoms with Gasteiger partial charge in [-0.2, -0.15) is 0 Å². The van der Waals surface area contributed by atoms with Gasteiger partial charge in [-0.05, 0) is 36.3 Å². The summed E-state index contributed by atoms with van der Waals surface area (Å²) in [6.07, 6.45) is 1.33. The second-order valence-electron chi connectivity index (χ2n) is 9.18. The van der Waals surface area contributed by atoms with Gasteiger partial charge in [0.25, 0.3) is 0 Å². The minimum absolute atomic E-state index is 0.190. The van der Waals surface area contributed by atoms with Crippen LogP contribution in [0.5, 0.6) is 0 Å². The Morgan fingerprint density at radius 3 is 2.50 bits per heavy atom. The lowest BCUT2D eigenvalue weighted by molar-refractivity contribution is -0.141. The number of hydrogen-bond donors (Lipinski definition) is 3. The minimum atomic E-state index is -0.795. The van der Waals surface area contributed by atoms with Crippen molar-refractivity contribution in [2.45, 2.75) is 59.2 Å². The topological polar surface area (TPSA) is 117 Å². The second-order valence-corrected chi connectivity index (χ2v) is 10.0. The first-order valence-corrected chi connectivity index (χ1v) is 11.6. The summed E-state index contributed by atoms with van der Waals surface area (Å²) < 4.78 is 0. The Bertz CT molecular complexity index is 980. The minimum Gasteiger partial charge on any atom is -0.352 e. The maximum atomic E-state index is 13.2. The van der Waals surface area contributed by atoms with E-state index >= 15 is 0 Å². The van der Waals surface area contributed by atoms with E-state index in [1.54, 1.807) is 16.2 Å². The maximum absolute atomic E-state index is 13.2. The number of carbonyl (C=O) groups excluding carboxylic acids is 3. The summed E-state index contributed by atoms with van der Waals surface area (Å²) >= 11 is 1.60. The molecule has 0 radical (unpaired) electrons. The van der Waals surface area contributed by atoms with Crippen LogP contribution >= 0.6 is 11.3 Å². The van der Waals surface area contributed by atoms with Crippen molar-refractivity contribution in [3.8, 4) is 10.4 Å². The molecule has 4 amide bonds. The molecule has 1 aromatic carbocycles. The van der Waals surface area contributed by atoms with E-state index in [-0.39, 0.29) is 11.8 Å². The number of carbonyl (C=O) groups is 3. The molecule has 2 heterocycles. The Balaban J connectivity index is 1.63. The molecule has 32 heavy (non-hydrogen) atoms. The summed E-state index contributed by atoms with van der Waals surface area (Å²) in [7, 11) is 0. The number of amides is 4. The fourth-order valence-electron chi connectivity index (χ4n) is 3.92. The molecule has 1 aromatic heterocycles. The largest absolute Gasteiger partial charge is 0.352 e. The molecule has 8 nitrogen and oxygen atoms in total. The summed E-state index contributed by atoms with van der Waals surface area (Å²) in [4.78, 5) is 44.5. The van der Waals surface area contributed by atoms with E-state index in [0.717, 1.165) is 28.1 Å². The molecule has 1 aliphatic rings. The Kier molecular flexibility index (Phi) is 7.18. The van der Waals surface area contributed by atoms with E-state index in [0.29, 0.717) is 19.5 Å². The summed E-state index contributed by atoms with van der Waals surface area (Å²) in [5, 5.41) is 5.50. The molecule has 1 aliphatic heterocycles. The van der Waals surface area contributed by atoms with Crippen LogP contribution in [0.4, 0.5) is 4.79 Å². The van der Waals surface area contributed by atoms with Gasteiger partial charge in [0.2, 0.25) is 11.8 Å². The number of urea groups is 1. The predicted octanol–water partition coefficient (Wildman–Crippen LogP) is 2.81. The first-order valence-electron chi connectivity index (χ1n) is 10.7. The quantitative estimate of drug-likeness (QED) is 0.618. The van der Waals surface area contributed by atoms with E-state index in [9.17, 15) is 14.4 Å². The van der Waals surface area contributed by atoms with Crippen LogP contribution in [-0.2, 0) is 16.1 Å². The summed E-state index contributed by atoms with van der Waals surface area (Å²) in [5.74, 6) is -0.469. The average Bonchev–Trinajstić information content (AvgIpc) is 3.38. The van der Waals surface area contributed by atoms with Crippen LogP contribution in [0, 0.1) is 12.3 Å². The summed E-state index contributed by atoms with van der Waals surface area (Å²) in [6, 6.07) is 5.92. The molecule has 0 bridgehead atoms. The molecule has 0 saturated carbocycles. The standard InChI is InChI=1S/C23H31N5O3S/c1-14-18(32-13-26-14)16-9-7-15(8-10-16)12-25-20(29)17-6-5-11-28(17)21(30)19(23(2,3)4)27-22(24)31/h7-10,13,17,19H,5-6,11-12H2,1-4H3,(H,25,29)(H3,24,27,31)/t17-,19+/m0/s1. The number of thiazole rings is 1. The molecular weight excluding hydrogens is 426 g/mol. The van der Waals surface area contributed by atoms with Gasteiger partial charge in [0.15, 0.2) is 0 Å². The molecule has 9 heteroatoms. The van der Waals surface area contributed by atoms with Crippen LogP contribution in [0.1, 0.15) is 44.9 Å². The molecule has 1 fully saturated rings. The van der Waals surface area contributed by atoms with Gasteiger partial charge >= 0.3 is 6.03 Å². The molecule has 0 unspecified atom stereocenters. The van der Waals surface area contributed by atoms with Crippen molar-refractivity contribution in [3.63, 3.8) is 0 Å². The number of nitrogens with zero attached hydrogens (tertiary/aromatic N) is 2. The molecule has 4 N–H and O–H groups in total. The van der Waals surface area contributed by atoms with Crippen molar-refractivity contribution < 1.29 is 14.4 Å². The van der Waals surface area contributed by atoms with Gasteiger partial charge in [-0.3, -0.25) is 9.59 Å². The molecular formula is C23H31N5O3S. The number of hydrogen-bond acceptors (Lipinski definition) is 5. The Morgan fingerprint density at radius 2 is 1.94 bits per heavy atom. The highest BCUT2D eigenvalue weighted by Gasteiger charge is 2.41. The van der Waals surface area contributed by atoms with Crippen LogP contribution in [0.15, 0.2) is 29.8 Å². The Labute approximate surface area is 192 Å². The molecule has 2 aromatic rings. The predicted molar refractivity (Wildman–Crippen MR) is 125 cm³/mol. The van der Waals surface area contributed by atoms with Crippen molar-refractivity contribution >= 4 is 29.2 Å². The summed E-state index contributed by atoms with van der Waals surface area (Å²) in [5.41, 5.74) is 9.65. The van der Waals surface area contributed by atoms with Gasteiger partial charge in [-0.1, -0.05) is 45.0 Å². The molecule has 0 spiro atoms. The van der Waals surface area contributed by atoms with Crippen molar-refractivity contribution in [2.75, 3.05) is 6.54 Å². The third kappa shape index (κ3) is 5.45. The van der Waals surface area contributed by atoms with Crippen molar-refractivity contribution in [3.05, 3.63) is 41.0 Å². The lowest BCUT2D eigenvalue weighted by Crippen LogP contribution is -2.58. The third-order valence-corrected chi connectivity index (χ3v) is 6.64. The number of aromatic nitrogens is 1. The average molecular weight is 458 g/mol. The van der Waals surface area contributed by atoms with Crippen LogP contribution in [0.2, 0.25) is 0 Å². The fourth-order valence-corrected chi connectivity index (χ4v) is 4.73. The fraction of sp³-hybridized carbons (Fsp3) is 0.478. The van der Waals surface area contributed by atoms with Crippen molar-refractivity contribution in [1.29, 1.82) is 0 Å². The SMILES string of the molecule is Cc1ncsc1-c1ccc(CNC(=O)[C@@H]2CCCN2C(=O)[C@@H](NC(N)=O)C(C)(C)C)cc1. The number of primary amides is 1. The number of aryl methyl sites for hydroxylation is 1. The molecule has 172 valence electrons. The maximum Gasteiger partial charge on any atom is 0.312 e. The number of benzene rings is 1. The number of nitrogens with one attached hydrogen (secondary N) is 2. The highest BCUT2D eigenvalue weighted by atomic mass is 32.1. The number of likely N-dealkylation sites (tertiary alicyclic amines) is 1. The third-order valence-electron chi connectivity index (χ3n) is 5.67. The first-order chi connectivity index (χ1) is 15.1. The Morgan fingerprint density at radius 1 is 1.25 bits per heavy atom. The smallest absolute Gasteiger partial charge is 0.312 e. The van der Waals surface area contributed by atoms with E-state index < -0.39 is 23.5 Å².